The van der Waals surface area contributed by atoms with Crippen LogP contribution < -0.4 is 20.9 Å². The van der Waals surface area contributed by atoms with Gasteiger partial charge in [0.05, 0.1) is 13.0 Å². The molecular weight excluding hydrogens is 479 g/mol. The molecule has 0 aromatic heterocycles. The maximum atomic E-state index is 13.2. The molecule has 11 heteroatoms. The lowest BCUT2D eigenvalue weighted by molar-refractivity contribution is -0.145. The molecule has 3 N–H and O–H groups in total. The minimum Gasteiger partial charge on any atom is -0.369 e. The van der Waals surface area contributed by atoms with Crippen LogP contribution in [0.3, 0.4) is 0 Å². The van der Waals surface area contributed by atoms with E-state index in [0.29, 0.717) is 50.6 Å². The quantitative estimate of drug-likeness (QED) is 0.517. The third kappa shape index (κ3) is 7.04. The number of carbonyl (C=O) groups excluding carboxylic acids is 4. The van der Waals surface area contributed by atoms with Gasteiger partial charge in [0.2, 0.25) is 23.6 Å². The number of amides is 4. The number of nitrogens with zero attached hydrogens (tertiary/aromatic N) is 3. The lowest BCUT2D eigenvalue weighted by Crippen LogP contribution is -2.60. The molecule has 2 heterocycles. The SMILES string of the molecule is CC(=O)Nc1ccc(NC(=O)CC2C(=O)NCCN2C(=O)CN2CCN(c3ccc(F)cc3)CC2)cc1. The van der Waals surface area contributed by atoms with Crippen LogP contribution in [0.4, 0.5) is 21.5 Å². The first-order chi connectivity index (χ1) is 17.8. The van der Waals surface area contributed by atoms with Gasteiger partial charge < -0.3 is 25.8 Å². The predicted octanol–water partition coefficient (Wildman–Crippen LogP) is 1.26. The zero-order valence-electron chi connectivity index (χ0n) is 20.7. The Morgan fingerprint density at radius 3 is 2.16 bits per heavy atom. The molecule has 0 radical (unpaired) electrons. The molecule has 37 heavy (non-hydrogen) atoms. The molecule has 2 aliphatic heterocycles. The van der Waals surface area contributed by atoms with E-state index in [-0.39, 0.29) is 42.4 Å². The molecule has 1 unspecified atom stereocenters. The number of nitrogens with one attached hydrogen (secondary N) is 3. The number of benzene rings is 2. The van der Waals surface area contributed by atoms with Crippen LogP contribution in [0.15, 0.2) is 48.5 Å². The first kappa shape index (κ1) is 26.1. The van der Waals surface area contributed by atoms with Crippen LogP contribution >= 0.6 is 0 Å². The summed E-state index contributed by atoms with van der Waals surface area (Å²) >= 11 is 0. The van der Waals surface area contributed by atoms with Crippen molar-refractivity contribution in [3.8, 4) is 0 Å². The normalized spacial score (nSPS) is 18.2. The van der Waals surface area contributed by atoms with Gasteiger partial charge in [-0.3, -0.25) is 24.1 Å². The number of piperazine rings is 2. The Labute approximate surface area is 214 Å². The summed E-state index contributed by atoms with van der Waals surface area (Å²) in [6.45, 7) is 4.96. The third-order valence-corrected chi connectivity index (χ3v) is 6.44. The molecule has 1 atom stereocenters. The number of carbonyl (C=O) groups is 4. The predicted molar refractivity (Wildman–Crippen MR) is 138 cm³/mol. The van der Waals surface area contributed by atoms with Gasteiger partial charge in [-0.05, 0) is 48.5 Å². The molecule has 2 saturated heterocycles. The van der Waals surface area contributed by atoms with Gasteiger partial charge in [-0.25, -0.2) is 4.39 Å². The second kappa shape index (κ2) is 11.8. The lowest BCUT2D eigenvalue weighted by Gasteiger charge is -2.39. The molecule has 4 rings (SSSR count). The fraction of sp³-hybridized carbons (Fsp3) is 0.385. The van der Waals surface area contributed by atoms with Gasteiger partial charge in [0.15, 0.2) is 0 Å². The van der Waals surface area contributed by atoms with Crippen LogP contribution in [0, 0.1) is 5.82 Å². The van der Waals surface area contributed by atoms with E-state index in [9.17, 15) is 23.6 Å². The largest absolute Gasteiger partial charge is 0.369 e. The Morgan fingerprint density at radius 2 is 1.54 bits per heavy atom. The summed E-state index contributed by atoms with van der Waals surface area (Å²) in [6.07, 6.45) is -0.163. The maximum Gasteiger partial charge on any atom is 0.243 e. The Morgan fingerprint density at radius 1 is 0.919 bits per heavy atom. The summed E-state index contributed by atoms with van der Waals surface area (Å²) in [4.78, 5) is 55.3. The fourth-order valence-corrected chi connectivity index (χ4v) is 4.54. The summed E-state index contributed by atoms with van der Waals surface area (Å²) in [6, 6.07) is 12.1. The van der Waals surface area contributed by atoms with Crippen LogP contribution in [-0.2, 0) is 19.2 Å². The minimum atomic E-state index is -0.889. The molecular formula is C26H31FN6O4. The van der Waals surface area contributed by atoms with E-state index >= 15 is 0 Å². The highest BCUT2D eigenvalue weighted by atomic mass is 19.1. The summed E-state index contributed by atoms with van der Waals surface area (Å²) in [5.41, 5.74) is 2.07. The van der Waals surface area contributed by atoms with Crippen LogP contribution in [-0.4, -0.2) is 85.3 Å². The molecule has 0 bridgehead atoms. The molecule has 0 aliphatic carbocycles. The molecule has 2 aliphatic rings. The zero-order chi connectivity index (χ0) is 26.4. The van der Waals surface area contributed by atoms with E-state index in [1.807, 2.05) is 4.90 Å². The van der Waals surface area contributed by atoms with Gasteiger partial charge in [-0.15, -0.1) is 0 Å². The second-order valence-electron chi connectivity index (χ2n) is 9.14. The molecule has 196 valence electrons. The van der Waals surface area contributed by atoms with Crippen LogP contribution in [0.2, 0.25) is 0 Å². The highest BCUT2D eigenvalue weighted by Crippen LogP contribution is 2.18. The monoisotopic (exact) mass is 510 g/mol. The van der Waals surface area contributed by atoms with Gasteiger partial charge in [0.1, 0.15) is 11.9 Å². The summed E-state index contributed by atoms with van der Waals surface area (Å²) in [5.74, 6) is -1.40. The summed E-state index contributed by atoms with van der Waals surface area (Å²) in [7, 11) is 0. The first-order valence-corrected chi connectivity index (χ1v) is 12.3. The summed E-state index contributed by atoms with van der Waals surface area (Å²) < 4.78 is 13.2. The van der Waals surface area contributed by atoms with E-state index in [4.69, 9.17) is 0 Å². The maximum absolute atomic E-state index is 13.2. The van der Waals surface area contributed by atoms with E-state index < -0.39 is 6.04 Å². The molecule has 2 aromatic rings. The zero-order valence-corrected chi connectivity index (χ0v) is 20.7. The van der Waals surface area contributed by atoms with Crippen molar-refractivity contribution in [3.63, 3.8) is 0 Å². The third-order valence-electron chi connectivity index (χ3n) is 6.44. The van der Waals surface area contributed by atoms with Gasteiger partial charge >= 0.3 is 0 Å². The molecule has 2 fully saturated rings. The minimum absolute atomic E-state index is 0.160. The first-order valence-electron chi connectivity index (χ1n) is 12.3. The van der Waals surface area contributed by atoms with Gasteiger partial charge in [0.25, 0.3) is 0 Å². The number of hydrogen-bond donors (Lipinski definition) is 3. The second-order valence-corrected chi connectivity index (χ2v) is 9.14. The van der Waals surface area contributed by atoms with Crippen molar-refractivity contribution in [1.29, 1.82) is 0 Å². The smallest absolute Gasteiger partial charge is 0.243 e. The highest BCUT2D eigenvalue weighted by Gasteiger charge is 2.35. The van der Waals surface area contributed by atoms with E-state index in [2.05, 4.69) is 20.9 Å². The highest BCUT2D eigenvalue weighted by molar-refractivity contribution is 5.98. The van der Waals surface area contributed by atoms with Crippen molar-refractivity contribution in [2.24, 2.45) is 0 Å². The average molecular weight is 511 g/mol. The number of hydrogen-bond acceptors (Lipinski definition) is 6. The lowest BCUT2D eigenvalue weighted by atomic mass is 10.1. The van der Waals surface area contributed by atoms with E-state index in [1.165, 1.54) is 24.0 Å². The number of rotatable bonds is 7. The van der Waals surface area contributed by atoms with Crippen LogP contribution in [0.25, 0.3) is 0 Å². The van der Waals surface area contributed by atoms with Crippen molar-refractivity contribution >= 4 is 40.7 Å². The average Bonchev–Trinajstić information content (AvgIpc) is 2.87. The topological polar surface area (TPSA) is 114 Å². The summed E-state index contributed by atoms with van der Waals surface area (Å²) in [5, 5.41) is 8.14. The van der Waals surface area contributed by atoms with Gasteiger partial charge in [-0.2, -0.15) is 0 Å². The number of anilines is 3. The van der Waals surface area contributed by atoms with Crippen molar-refractivity contribution in [3.05, 3.63) is 54.3 Å². The fourth-order valence-electron chi connectivity index (χ4n) is 4.54. The van der Waals surface area contributed by atoms with Gasteiger partial charge in [-0.1, -0.05) is 0 Å². The standard InChI is InChI=1S/C26H31FN6O4/c1-18(34)29-20-4-6-21(7-5-20)30-24(35)16-23-26(37)28-10-11-33(23)25(36)17-31-12-14-32(15-13-31)22-8-2-19(27)3-9-22/h2-9,23H,10-17H2,1H3,(H,28,37)(H,29,34)(H,30,35). The van der Waals surface area contributed by atoms with Gasteiger partial charge in [0, 0.05) is 63.3 Å². The van der Waals surface area contributed by atoms with Crippen LogP contribution in [0.1, 0.15) is 13.3 Å². The van der Waals surface area contributed by atoms with Crippen molar-refractivity contribution < 1.29 is 23.6 Å². The Hall–Kier alpha value is -3.99. The van der Waals surface area contributed by atoms with E-state index in [0.717, 1.165) is 5.69 Å². The van der Waals surface area contributed by atoms with Crippen LogP contribution in [0.5, 0.6) is 0 Å². The van der Waals surface area contributed by atoms with Crippen molar-refractivity contribution in [2.75, 3.05) is 61.3 Å². The Balaban J connectivity index is 1.30. The molecule has 0 spiro atoms. The molecule has 4 amide bonds. The molecule has 2 aromatic carbocycles. The van der Waals surface area contributed by atoms with E-state index in [1.54, 1.807) is 36.4 Å². The Kier molecular flexibility index (Phi) is 8.34. The number of halogens is 1. The van der Waals surface area contributed by atoms with Crippen molar-refractivity contribution in [2.45, 2.75) is 19.4 Å². The molecule has 10 nitrogen and oxygen atoms in total. The molecule has 0 saturated carbocycles. The Bertz CT molecular complexity index is 1130. The van der Waals surface area contributed by atoms with Crippen molar-refractivity contribution in [1.82, 2.24) is 15.1 Å².